The first kappa shape index (κ1) is 21.0. The molecule has 0 unspecified atom stereocenters. The highest BCUT2D eigenvalue weighted by molar-refractivity contribution is 5.75. The van der Waals surface area contributed by atoms with Crippen molar-refractivity contribution in [1.82, 2.24) is 29.7 Å². The summed E-state index contributed by atoms with van der Waals surface area (Å²) in [6.45, 7) is 3.55. The molecule has 9 heteroatoms. The van der Waals surface area contributed by atoms with E-state index in [9.17, 15) is 0 Å². The number of pyridine rings is 2. The van der Waals surface area contributed by atoms with Gasteiger partial charge in [0.25, 0.3) is 0 Å². The van der Waals surface area contributed by atoms with Gasteiger partial charge in [-0.15, -0.1) is 5.10 Å². The van der Waals surface area contributed by atoms with Crippen LogP contribution in [0.1, 0.15) is 18.5 Å². The number of likely N-dealkylation sites (N-methyl/N-ethyl adjacent to an activating group) is 1. The zero-order chi connectivity index (χ0) is 23.1. The van der Waals surface area contributed by atoms with Gasteiger partial charge >= 0.3 is 0 Å². The lowest BCUT2D eigenvalue weighted by Gasteiger charge is -2.46. The predicted molar refractivity (Wildman–Crippen MR) is 128 cm³/mol. The molecule has 0 saturated carbocycles. The van der Waals surface area contributed by atoms with Crippen LogP contribution in [0.2, 0.25) is 0 Å². The highest BCUT2D eigenvalue weighted by Gasteiger charge is 2.38. The molecule has 2 aliphatic rings. The van der Waals surface area contributed by atoms with Crippen LogP contribution in [0.5, 0.6) is 5.75 Å². The molecule has 174 valence electrons. The molecule has 3 atom stereocenters. The molecule has 4 aromatic heterocycles. The lowest BCUT2D eigenvalue weighted by Crippen LogP contribution is -2.57. The Balaban J connectivity index is 1.28. The van der Waals surface area contributed by atoms with Crippen LogP contribution in [0.3, 0.4) is 0 Å². The van der Waals surface area contributed by atoms with E-state index in [2.05, 4.69) is 55.7 Å². The molecule has 6 heterocycles. The van der Waals surface area contributed by atoms with E-state index < -0.39 is 0 Å². The van der Waals surface area contributed by atoms with E-state index in [1.54, 1.807) is 6.20 Å². The van der Waals surface area contributed by atoms with Gasteiger partial charge in [-0.25, -0.2) is 4.52 Å². The van der Waals surface area contributed by atoms with Gasteiger partial charge in [-0.2, -0.15) is 10.2 Å². The number of rotatable bonds is 5. The van der Waals surface area contributed by atoms with Gasteiger partial charge in [-0.1, -0.05) is 0 Å². The Labute approximate surface area is 197 Å². The van der Waals surface area contributed by atoms with E-state index in [4.69, 9.17) is 9.47 Å². The maximum absolute atomic E-state index is 6.58. The molecular weight excluding hydrogens is 430 g/mol. The lowest BCUT2D eigenvalue weighted by molar-refractivity contribution is -0.0879. The zero-order valence-corrected chi connectivity index (χ0v) is 19.3. The number of hydrogen-bond acceptors (Lipinski definition) is 8. The van der Waals surface area contributed by atoms with Crippen molar-refractivity contribution in [2.24, 2.45) is 0 Å². The third-order valence-electron chi connectivity index (χ3n) is 6.74. The average molecular weight is 458 g/mol. The second kappa shape index (κ2) is 8.66. The topological polar surface area (TPSA) is 89.7 Å². The molecule has 6 rings (SSSR count). The van der Waals surface area contributed by atoms with Crippen molar-refractivity contribution in [3.63, 3.8) is 0 Å². The fraction of sp³-hybridized carbons (Fsp3) is 0.360. The van der Waals surface area contributed by atoms with Crippen molar-refractivity contribution in [3.05, 3.63) is 60.7 Å². The smallest absolute Gasteiger partial charge is 0.154 e. The van der Waals surface area contributed by atoms with Crippen molar-refractivity contribution in [1.29, 1.82) is 0 Å². The van der Waals surface area contributed by atoms with Crippen LogP contribution in [-0.2, 0) is 4.74 Å². The van der Waals surface area contributed by atoms with Gasteiger partial charge in [0.2, 0.25) is 0 Å². The summed E-state index contributed by atoms with van der Waals surface area (Å²) in [7, 11) is 2.20. The van der Waals surface area contributed by atoms with Crippen LogP contribution in [0.4, 0.5) is 11.6 Å². The van der Waals surface area contributed by atoms with Crippen LogP contribution < -0.4 is 10.1 Å². The third-order valence-corrected chi connectivity index (χ3v) is 6.74. The Morgan fingerprint density at radius 2 is 1.94 bits per heavy atom. The standard InChI is InChI=1S/C25H27N7O2/c1-16-8-22(23(13-26-16)34-21-10-19-14-33-15-20(11-21)31(19)2)17-5-7-32-18(9-17)12-25(30-32)28-24-4-3-6-27-29-24/h3-9,12-13,19-21H,10-11,14-15H2,1-2H3,(H,28,29,30)/t19-,20+,21-. The predicted octanol–water partition coefficient (Wildman–Crippen LogP) is 3.48. The zero-order valence-electron chi connectivity index (χ0n) is 19.3. The van der Waals surface area contributed by atoms with Crippen molar-refractivity contribution in [2.45, 2.75) is 38.0 Å². The summed E-state index contributed by atoms with van der Waals surface area (Å²) in [6, 6.07) is 12.8. The molecule has 2 aliphatic heterocycles. The number of fused-ring (bicyclic) bond motifs is 3. The van der Waals surface area contributed by atoms with E-state index in [-0.39, 0.29) is 6.10 Å². The average Bonchev–Trinajstić information content (AvgIpc) is 3.23. The number of aryl methyl sites for hydroxylation is 1. The number of piperidine rings is 1. The molecule has 34 heavy (non-hydrogen) atoms. The summed E-state index contributed by atoms with van der Waals surface area (Å²) in [5.41, 5.74) is 4.03. The van der Waals surface area contributed by atoms with Crippen molar-refractivity contribution in [3.8, 4) is 16.9 Å². The van der Waals surface area contributed by atoms with Crippen molar-refractivity contribution < 1.29 is 9.47 Å². The molecule has 4 aromatic rings. The number of morpholine rings is 1. The number of nitrogens with one attached hydrogen (secondary N) is 1. The first-order chi connectivity index (χ1) is 16.6. The quantitative estimate of drug-likeness (QED) is 0.487. The van der Waals surface area contributed by atoms with Crippen LogP contribution >= 0.6 is 0 Å². The molecule has 0 aliphatic carbocycles. The number of nitrogens with zero attached hydrogens (tertiary/aromatic N) is 6. The van der Waals surface area contributed by atoms with Gasteiger partial charge in [0.05, 0.1) is 24.9 Å². The molecule has 0 aromatic carbocycles. The summed E-state index contributed by atoms with van der Waals surface area (Å²) in [5.74, 6) is 2.18. The van der Waals surface area contributed by atoms with E-state index >= 15 is 0 Å². The second-order valence-corrected chi connectivity index (χ2v) is 9.09. The number of aromatic nitrogens is 5. The molecule has 2 saturated heterocycles. The van der Waals surface area contributed by atoms with E-state index in [1.165, 1.54) is 0 Å². The lowest BCUT2D eigenvalue weighted by atomic mass is 9.92. The molecular formula is C25H27N7O2. The SMILES string of the molecule is Cc1cc(-c2ccn3nc(Nc4cccnn4)cc3c2)c(O[C@H]2C[C@H]3COC[C@@H](C2)N3C)cn1. The van der Waals surface area contributed by atoms with Crippen molar-refractivity contribution >= 4 is 17.2 Å². The largest absolute Gasteiger partial charge is 0.488 e. The fourth-order valence-corrected chi connectivity index (χ4v) is 4.91. The third kappa shape index (κ3) is 4.08. The van der Waals surface area contributed by atoms with E-state index in [0.29, 0.717) is 23.7 Å². The highest BCUT2D eigenvalue weighted by Crippen LogP contribution is 2.35. The first-order valence-electron chi connectivity index (χ1n) is 11.6. The summed E-state index contributed by atoms with van der Waals surface area (Å²) >= 11 is 0. The minimum absolute atomic E-state index is 0.153. The molecule has 0 spiro atoms. The van der Waals surface area contributed by atoms with Crippen LogP contribution in [-0.4, -0.2) is 68.1 Å². The Bertz CT molecular complexity index is 1300. The summed E-state index contributed by atoms with van der Waals surface area (Å²) in [6.07, 6.45) is 7.53. The molecule has 9 nitrogen and oxygen atoms in total. The van der Waals surface area contributed by atoms with Gasteiger partial charge in [0.15, 0.2) is 11.6 Å². The van der Waals surface area contributed by atoms with E-state index in [1.807, 2.05) is 42.0 Å². The van der Waals surface area contributed by atoms with Crippen molar-refractivity contribution in [2.75, 3.05) is 25.6 Å². The Hall–Kier alpha value is -3.56. The molecule has 2 fully saturated rings. The van der Waals surface area contributed by atoms with Crippen LogP contribution in [0.15, 0.2) is 55.0 Å². The van der Waals surface area contributed by atoms with Crippen LogP contribution in [0.25, 0.3) is 16.6 Å². The maximum Gasteiger partial charge on any atom is 0.154 e. The van der Waals surface area contributed by atoms with Gasteiger partial charge in [0, 0.05) is 54.6 Å². The Morgan fingerprint density at radius 1 is 1.09 bits per heavy atom. The normalized spacial score (nSPS) is 22.6. The van der Waals surface area contributed by atoms with Gasteiger partial charge in [0.1, 0.15) is 11.9 Å². The Kier molecular flexibility index (Phi) is 5.35. The monoisotopic (exact) mass is 457 g/mol. The second-order valence-electron chi connectivity index (χ2n) is 9.09. The molecule has 1 N–H and O–H groups in total. The van der Waals surface area contributed by atoms with E-state index in [0.717, 1.165) is 54.1 Å². The van der Waals surface area contributed by atoms with Gasteiger partial charge in [-0.3, -0.25) is 9.88 Å². The van der Waals surface area contributed by atoms with Gasteiger partial charge < -0.3 is 14.8 Å². The number of ether oxygens (including phenoxy) is 2. The molecule has 0 radical (unpaired) electrons. The first-order valence-corrected chi connectivity index (χ1v) is 11.6. The fourth-order valence-electron chi connectivity index (χ4n) is 4.91. The highest BCUT2D eigenvalue weighted by atomic mass is 16.5. The minimum Gasteiger partial charge on any atom is -0.488 e. The number of anilines is 2. The van der Waals surface area contributed by atoms with Crippen LogP contribution in [0, 0.1) is 6.92 Å². The summed E-state index contributed by atoms with van der Waals surface area (Å²) in [4.78, 5) is 6.97. The molecule has 2 bridgehead atoms. The number of hydrogen-bond donors (Lipinski definition) is 1. The van der Waals surface area contributed by atoms with Gasteiger partial charge in [-0.05, 0) is 49.9 Å². The molecule has 0 amide bonds. The summed E-state index contributed by atoms with van der Waals surface area (Å²) in [5, 5.41) is 15.8. The maximum atomic E-state index is 6.58. The minimum atomic E-state index is 0.153. The summed E-state index contributed by atoms with van der Waals surface area (Å²) < 4.78 is 14.2. The Morgan fingerprint density at radius 3 is 2.74 bits per heavy atom.